The van der Waals surface area contributed by atoms with Crippen LogP contribution in [0, 0.1) is 11.6 Å². The van der Waals surface area contributed by atoms with Crippen molar-refractivity contribution >= 4 is 11.8 Å². The molecule has 1 fully saturated rings. The zero-order valence-corrected chi connectivity index (χ0v) is 14.2. The first-order valence-corrected chi connectivity index (χ1v) is 8.17. The van der Waals surface area contributed by atoms with Crippen LogP contribution >= 0.6 is 0 Å². The molecule has 1 atom stereocenters. The lowest BCUT2D eigenvalue weighted by Gasteiger charge is -2.35. The molecule has 26 heavy (non-hydrogen) atoms. The Morgan fingerprint density at radius 3 is 2.50 bits per heavy atom. The van der Waals surface area contributed by atoms with Crippen molar-refractivity contribution in [2.75, 3.05) is 20.2 Å². The number of methoxy groups -OCH3 is 1. The first-order valence-electron chi connectivity index (χ1n) is 8.17. The van der Waals surface area contributed by atoms with Gasteiger partial charge < -0.3 is 15.0 Å². The van der Waals surface area contributed by atoms with E-state index in [0.29, 0.717) is 6.42 Å². The number of nitrogens with zero attached hydrogens (tertiary/aromatic N) is 1. The van der Waals surface area contributed by atoms with Crippen LogP contribution in [0.2, 0.25) is 0 Å². The van der Waals surface area contributed by atoms with Crippen molar-refractivity contribution in [3.63, 3.8) is 0 Å². The maximum absolute atomic E-state index is 13.9. The molecule has 2 amide bonds. The SMILES string of the molecule is COc1c(F)cc(C(=O)N2CCNC(=O)C2Cc2ccccc2)cc1F. The van der Waals surface area contributed by atoms with Gasteiger partial charge in [-0.2, -0.15) is 0 Å². The molecule has 1 N–H and O–H groups in total. The van der Waals surface area contributed by atoms with E-state index in [9.17, 15) is 18.4 Å². The number of piperazine rings is 1. The third-order valence-electron chi connectivity index (χ3n) is 4.31. The van der Waals surface area contributed by atoms with Gasteiger partial charge in [-0.3, -0.25) is 9.59 Å². The van der Waals surface area contributed by atoms with E-state index in [1.165, 1.54) is 4.90 Å². The van der Waals surface area contributed by atoms with Crippen LogP contribution in [-0.4, -0.2) is 43.0 Å². The Kier molecular flexibility index (Phi) is 5.16. The van der Waals surface area contributed by atoms with Gasteiger partial charge in [0.25, 0.3) is 5.91 Å². The molecule has 1 heterocycles. The van der Waals surface area contributed by atoms with Crippen LogP contribution in [0.15, 0.2) is 42.5 Å². The number of hydrogen-bond donors (Lipinski definition) is 1. The summed E-state index contributed by atoms with van der Waals surface area (Å²) in [4.78, 5) is 26.5. The highest BCUT2D eigenvalue weighted by atomic mass is 19.1. The Hall–Kier alpha value is -2.96. The van der Waals surface area contributed by atoms with Gasteiger partial charge in [-0.25, -0.2) is 8.78 Å². The van der Waals surface area contributed by atoms with E-state index in [4.69, 9.17) is 0 Å². The van der Waals surface area contributed by atoms with Gasteiger partial charge in [0.1, 0.15) is 6.04 Å². The Labute approximate surface area is 149 Å². The maximum atomic E-state index is 13.9. The highest BCUT2D eigenvalue weighted by molar-refractivity contribution is 5.98. The molecular formula is C19H18F2N2O3. The van der Waals surface area contributed by atoms with Gasteiger partial charge in [-0.15, -0.1) is 0 Å². The monoisotopic (exact) mass is 360 g/mol. The van der Waals surface area contributed by atoms with Crippen molar-refractivity contribution in [2.45, 2.75) is 12.5 Å². The fourth-order valence-electron chi connectivity index (χ4n) is 3.04. The molecule has 2 aromatic rings. The molecule has 2 aromatic carbocycles. The van der Waals surface area contributed by atoms with Crippen molar-refractivity contribution in [1.29, 1.82) is 0 Å². The van der Waals surface area contributed by atoms with Crippen molar-refractivity contribution < 1.29 is 23.1 Å². The molecule has 1 unspecified atom stereocenters. The molecule has 0 aliphatic carbocycles. The summed E-state index contributed by atoms with van der Waals surface area (Å²) in [6.45, 7) is 0.550. The molecule has 136 valence electrons. The summed E-state index contributed by atoms with van der Waals surface area (Å²) in [5.74, 6) is -3.35. The lowest BCUT2D eigenvalue weighted by molar-refractivity contribution is -0.127. The van der Waals surface area contributed by atoms with E-state index in [-0.39, 0.29) is 24.6 Å². The molecule has 1 saturated heterocycles. The predicted octanol–water partition coefficient (Wildman–Crippen LogP) is 2.16. The second-order valence-corrected chi connectivity index (χ2v) is 5.97. The zero-order chi connectivity index (χ0) is 18.7. The summed E-state index contributed by atoms with van der Waals surface area (Å²) in [6, 6.07) is 10.4. The molecule has 3 rings (SSSR count). The average molecular weight is 360 g/mol. The average Bonchev–Trinajstić information content (AvgIpc) is 2.63. The first kappa shape index (κ1) is 17.8. The Morgan fingerprint density at radius 2 is 1.88 bits per heavy atom. The van der Waals surface area contributed by atoms with Gasteiger partial charge in [-0.05, 0) is 17.7 Å². The Bertz CT molecular complexity index is 804. The fraction of sp³-hybridized carbons (Fsp3) is 0.263. The Balaban J connectivity index is 1.89. The van der Waals surface area contributed by atoms with E-state index >= 15 is 0 Å². The molecule has 0 spiro atoms. The number of amides is 2. The van der Waals surface area contributed by atoms with E-state index < -0.39 is 29.3 Å². The number of carbonyl (C=O) groups excluding carboxylic acids is 2. The number of benzene rings is 2. The molecule has 1 aliphatic heterocycles. The van der Waals surface area contributed by atoms with E-state index in [0.717, 1.165) is 24.8 Å². The van der Waals surface area contributed by atoms with Crippen molar-refractivity contribution in [3.8, 4) is 5.75 Å². The highest BCUT2D eigenvalue weighted by Gasteiger charge is 2.34. The summed E-state index contributed by atoms with van der Waals surface area (Å²) in [7, 11) is 1.15. The molecule has 0 radical (unpaired) electrons. The molecular weight excluding hydrogens is 342 g/mol. The summed E-state index contributed by atoms with van der Waals surface area (Å²) in [5.41, 5.74) is 0.730. The fourth-order valence-corrected chi connectivity index (χ4v) is 3.04. The van der Waals surface area contributed by atoms with Gasteiger partial charge in [-0.1, -0.05) is 30.3 Å². The molecule has 7 heteroatoms. The van der Waals surface area contributed by atoms with Crippen LogP contribution < -0.4 is 10.1 Å². The summed E-state index contributed by atoms with van der Waals surface area (Å²) < 4.78 is 32.5. The lowest BCUT2D eigenvalue weighted by Crippen LogP contribution is -2.58. The van der Waals surface area contributed by atoms with Gasteiger partial charge in [0.05, 0.1) is 7.11 Å². The maximum Gasteiger partial charge on any atom is 0.254 e. The smallest absolute Gasteiger partial charge is 0.254 e. The largest absolute Gasteiger partial charge is 0.491 e. The minimum absolute atomic E-state index is 0.159. The molecule has 0 bridgehead atoms. The molecule has 0 saturated carbocycles. The number of ether oxygens (including phenoxy) is 1. The van der Waals surface area contributed by atoms with E-state index in [2.05, 4.69) is 10.1 Å². The third-order valence-corrected chi connectivity index (χ3v) is 4.31. The van der Waals surface area contributed by atoms with Crippen molar-refractivity contribution in [1.82, 2.24) is 10.2 Å². The second-order valence-electron chi connectivity index (χ2n) is 5.97. The van der Waals surface area contributed by atoms with E-state index in [1.54, 1.807) is 0 Å². The van der Waals surface area contributed by atoms with Gasteiger partial charge in [0.15, 0.2) is 17.4 Å². The number of carbonyl (C=O) groups is 2. The van der Waals surface area contributed by atoms with Crippen LogP contribution in [0.3, 0.4) is 0 Å². The minimum Gasteiger partial charge on any atom is -0.491 e. The number of rotatable bonds is 4. The third kappa shape index (κ3) is 3.51. The van der Waals surface area contributed by atoms with Crippen LogP contribution in [-0.2, 0) is 11.2 Å². The number of nitrogens with one attached hydrogen (secondary N) is 1. The molecule has 5 nitrogen and oxygen atoms in total. The summed E-state index contributed by atoms with van der Waals surface area (Å²) >= 11 is 0. The van der Waals surface area contributed by atoms with Crippen LogP contribution in [0.4, 0.5) is 8.78 Å². The minimum atomic E-state index is -0.961. The first-order chi connectivity index (χ1) is 12.5. The van der Waals surface area contributed by atoms with Crippen molar-refractivity contribution in [3.05, 3.63) is 65.2 Å². The topological polar surface area (TPSA) is 58.6 Å². The predicted molar refractivity (Wildman–Crippen MR) is 90.9 cm³/mol. The summed E-state index contributed by atoms with van der Waals surface area (Å²) in [6.07, 6.45) is 0.319. The van der Waals surface area contributed by atoms with Gasteiger partial charge in [0.2, 0.25) is 5.91 Å². The van der Waals surface area contributed by atoms with Crippen LogP contribution in [0.1, 0.15) is 15.9 Å². The van der Waals surface area contributed by atoms with E-state index in [1.807, 2.05) is 30.3 Å². The molecule has 0 aromatic heterocycles. The molecule has 1 aliphatic rings. The van der Waals surface area contributed by atoms with Crippen LogP contribution in [0.25, 0.3) is 0 Å². The van der Waals surface area contributed by atoms with Crippen LogP contribution in [0.5, 0.6) is 5.75 Å². The second kappa shape index (κ2) is 7.51. The zero-order valence-electron chi connectivity index (χ0n) is 14.2. The van der Waals surface area contributed by atoms with Gasteiger partial charge in [0, 0.05) is 25.1 Å². The number of halogens is 2. The Morgan fingerprint density at radius 1 is 1.23 bits per heavy atom. The normalized spacial score (nSPS) is 17.0. The number of hydrogen-bond acceptors (Lipinski definition) is 3. The van der Waals surface area contributed by atoms with Crippen molar-refractivity contribution in [2.24, 2.45) is 0 Å². The standard InChI is InChI=1S/C19H18F2N2O3/c1-26-17-14(20)10-13(11-15(17)21)19(25)23-8-7-22-18(24)16(23)9-12-5-3-2-4-6-12/h2-6,10-11,16H,7-9H2,1H3,(H,22,24). The van der Waals surface area contributed by atoms with Gasteiger partial charge >= 0.3 is 0 Å². The summed E-state index contributed by atoms with van der Waals surface area (Å²) in [5, 5.41) is 2.73. The quantitative estimate of drug-likeness (QED) is 0.909. The lowest BCUT2D eigenvalue weighted by atomic mass is 10.0. The highest BCUT2D eigenvalue weighted by Crippen LogP contribution is 2.24.